The lowest BCUT2D eigenvalue weighted by atomic mass is 10.1. The first-order valence-electron chi connectivity index (χ1n) is 7.11. The van der Waals surface area contributed by atoms with Crippen LogP contribution in [0, 0.1) is 0 Å². The van der Waals surface area contributed by atoms with Gasteiger partial charge in [0.2, 0.25) is 0 Å². The van der Waals surface area contributed by atoms with Crippen LogP contribution in [0.25, 0.3) is 0 Å². The first kappa shape index (κ1) is 13.8. The zero-order valence-corrected chi connectivity index (χ0v) is 11.8. The molecule has 0 bridgehead atoms. The maximum Gasteiger partial charge on any atom is 0.00188 e. The molecule has 0 atom stereocenters. The Kier molecular flexibility index (Phi) is 5.64. The Balaban J connectivity index is 1.64. The minimum atomic E-state index is 1.14. The molecule has 0 saturated carbocycles. The van der Waals surface area contributed by atoms with Gasteiger partial charge in [0.15, 0.2) is 0 Å². The number of likely N-dealkylation sites (N-methyl/N-ethyl adjacent to an activating group) is 1. The third kappa shape index (κ3) is 5.27. The van der Waals surface area contributed by atoms with E-state index in [1.165, 1.54) is 30.5 Å². The standard InChI is InChI=1S/C18H23N/c1-19(16-14-18-11-6-3-7-12-18)15-8-13-17-9-4-2-5-10-17/h2-7,9-12H,8,13-16H2,1H3. The fraction of sp³-hybridized carbons (Fsp3) is 0.333. The highest BCUT2D eigenvalue weighted by Gasteiger charge is 1.99. The second kappa shape index (κ2) is 7.75. The van der Waals surface area contributed by atoms with E-state index >= 15 is 0 Å². The molecule has 0 aliphatic rings. The molecule has 0 saturated heterocycles. The molecule has 1 heteroatoms. The molecule has 0 aromatic heterocycles. The van der Waals surface area contributed by atoms with Crippen molar-refractivity contribution in [2.45, 2.75) is 19.3 Å². The lowest BCUT2D eigenvalue weighted by Crippen LogP contribution is -2.22. The number of aryl methyl sites for hydroxylation is 1. The molecule has 0 N–H and O–H groups in total. The predicted molar refractivity (Wildman–Crippen MR) is 82.4 cm³/mol. The van der Waals surface area contributed by atoms with Gasteiger partial charge < -0.3 is 4.90 Å². The van der Waals surface area contributed by atoms with Crippen LogP contribution in [0.5, 0.6) is 0 Å². The zero-order chi connectivity index (χ0) is 13.3. The molecule has 0 aliphatic carbocycles. The number of rotatable bonds is 7. The zero-order valence-electron chi connectivity index (χ0n) is 11.8. The third-order valence-corrected chi connectivity index (χ3v) is 3.47. The number of benzene rings is 2. The van der Waals surface area contributed by atoms with Gasteiger partial charge in [0.05, 0.1) is 0 Å². The van der Waals surface area contributed by atoms with Crippen molar-refractivity contribution in [2.75, 3.05) is 20.1 Å². The van der Waals surface area contributed by atoms with Crippen molar-refractivity contribution in [3.8, 4) is 0 Å². The Hall–Kier alpha value is -1.60. The first-order chi connectivity index (χ1) is 9.34. The van der Waals surface area contributed by atoms with Crippen molar-refractivity contribution in [1.29, 1.82) is 0 Å². The SMILES string of the molecule is CN(CCCc1ccccc1)CCc1ccccc1. The average molecular weight is 253 g/mol. The third-order valence-electron chi connectivity index (χ3n) is 3.47. The van der Waals surface area contributed by atoms with Crippen LogP contribution in [0.4, 0.5) is 0 Å². The molecule has 1 nitrogen and oxygen atoms in total. The van der Waals surface area contributed by atoms with Gasteiger partial charge in [-0.05, 0) is 44.0 Å². The summed E-state index contributed by atoms with van der Waals surface area (Å²) in [5.74, 6) is 0. The van der Waals surface area contributed by atoms with Crippen molar-refractivity contribution in [1.82, 2.24) is 4.90 Å². The van der Waals surface area contributed by atoms with Gasteiger partial charge in [-0.2, -0.15) is 0 Å². The minimum absolute atomic E-state index is 1.14. The van der Waals surface area contributed by atoms with Crippen LogP contribution in [0.2, 0.25) is 0 Å². The summed E-state index contributed by atoms with van der Waals surface area (Å²) in [6.07, 6.45) is 3.55. The van der Waals surface area contributed by atoms with Crippen molar-refractivity contribution in [2.24, 2.45) is 0 Å². The molecule has 0 amide bonds. The lowest BCUT2D eigenvalue weighted by molar-refractivity contribution is 0.333. The van der Waals surface area contributed by atoms with E-state index in [0.29, 0.717) is 0 Å². The van der Waals surface area contributed by atoms with Gasteiger partial charge in [-0.15, -0.1) is 0 Å². The number of hydrogen-bond acceptors (Lipinski definition) is 1. The van der Waals surface area contributed by atoms with E-state index in [2.05, 4.69) is 72.6 Å². The van der Waals surface area contributed by atoms with Crippen LogP contribution < -0.4 is 0 Å². The monoisotopic (exact) mass is 253 g/mol. The summed E-state index contributed by atoms with van der Waals surface area (Å²) in [5.41, 5.74) is 2.87. The van der Waals surface area contributed by atoms with Crippen LogP contribution in [0.15, 0.2) is 60.7 Å². The summed E-state index contributed by atoms with van der Waals surface area (Å²) in [4.78, 5) is 2.43. The summed E-state index contributed by atoms with van der Waals surface area (Å²) in [6.45, 7) is 2.31. The molecular formula is C18H23N. The smallest absolute Gasteiger partial charge is 0.00188 e. The highest BCUT2D eigenvalue weighted by molar-refractivity contribution is 5.15. The summed E-state index contributed by atoms with van der Waals surface area (Å²) >= 11 is 0. The second-order valence-electron chi connectivity index (χ2n) is 5.13. The molecule has 0 heterocycles. The van der Waals surface area contributed by atoms with Gasteiger partial charge in [0, 0.05) is 6.54 Å². The normalized spacial score (nSPS) is 10.8. The highest BCUT2D eigenvalue weighted by atomic mass is 15.1. The summed E-state index contributed by atoms with van der Waals surface area (Å²) in [6, 6.07) is 21.5. The largest absolute Gasteiger partial charge is 0.306 e. The molecule has 2 aromatic carbocycles. The first-order valence-corrected chi connectivity index (χ1v) is 7.11. The summed E-state index contributed by atoms with van der Waals surface area (Å²) < 4.78 is 0. The summed E-state index contributed by atoms with van der Waals surface area (Å²) in [7, 11) is 2.22. The molecule has 0 aliphatic heterocycles. The van der Waals surface area contributed by atoms with Gasteiger partial charge in [0.25, 0.3) is 0 Å². The molecule has 0 spiro atoms. The Morgan fingerprint density at radius 3 is 1.79 bits per heavy atom. The van der Waals surface area contributed by atoms with Gasteiger partial charge in [-0.3, -0.25) is 0 Å². The van der Waals surface area contributed by atoms with Gasteiger partial charge in [-0.1, -0.05) is 60.7 Å². The van der Waals surface area contributed by atoms with Crippen LogP contribution in [0.3, 0.4) is 0 Å². The van der Waals surface area contributed by atoms with Crippen LogP contribution in [-0.4, -0.2) is 25.0 Å². The summed E-state index contributed by atoms with van der Waals surface area (Å²) in [5, 5.41) is 0. The second-order valence-corrected chi connectivity index (χ2v) is 5.13. The number of hydrogen-bond donors (Lipinski definition) is 0. The number of nitrogens with zero attached hydrogens (tertiary/aromatic N) is 1. The maximum atomic E-state index is 2.43. The lowest BCUT2D eigenvalue weighted by Gasteiger charge is -2.16. The molecular weight excluding hydrogens is 230 g/mol. The Bertz CT molecular complexity index is 450. The van der Waals surface area contributed by atoms with E-state index in [4.69, 9.17) is 0 Å². The Morgan fingerprint density at radius 1 is 0.684 bits per heavy atom. The quantitative estimate of drug-likeness (QED) is 0.725. The van der Waals surface area contributed by atoms with Crippen LogP contribution >= 0.6 is 0 Å². The van der Waals surface area contributed by atoms with Crippen molar-refractivity contribution in [3.05, 3.63) is 71.8 Å². The van der Waals surface area contributed by atoms with E-state index in [9.17, 15) is 0 Å². The van der Waals surface area contributed by atoms with Gasteiger partial charge >= 0.3 is 0 Å². The average Bonchev–Trinajstić information content (AvgIpc) is 2.47. The van der Waals surface area contributed by atoms with E-state index in [0.717, 1.165) is 13.0 Å². The minimum Gasteiger partial charge on any atom is -0.306 e. The molecule has 0 radical (unpaired) electrons. The van der Waals surface area contributed by atoms with E-state index in [1.807, 2.05) is 0 Å². The fourth-order valence-corrected chi connectivity index (χ4v) is 2.27. The molecule has 0 unspecified atom stereocenters. The van der Waals surface area contributed by atoms with E-state index in [-0.39, 0.29) is 0 Å². The van der Waals surface area contributed by atoms with Crippen LogP contribution in [0.1, 0.15) is 17.5 Å². The topological polar surface area (TPSA) is 3.24 Å². The Morgan fingerprint density at radius 2 is 1.21 bits per heavy atom. The molecule has 0 fully saturated rings. The molecule has 100 valence electrons. The maximum absolute atomic E-state index is 2.43. The van der Waals surface area contributed by atoms with Gasteiger partial charge in [0.1, 0.15) is 0 Å². The van der Waals surface area contributed by atoms with Crippen LogP contribution in [-0.2, 0) is 12.8 Å². The van der Waals surface area contributed by atoms with Crippen molar-refractivity contribution < 1.29 is 0 Å². The molecule has 2 rings (SSSR count). The fourth-order valence-electron chi connectivity index (χ4n) is 2.27. The van der Waals surface area contributed by atoms with Crippen molar-refractivity contribution in [3.63, 3.8) is 0 Å². The van der Waals surface area contributed by atoms with Crippen molar-refractivity contribution >= 4 is 0 Å². The molecule has 2 aromatic rings. The van der Waals surface area contributed by atoms with Gasteiger partial charge in [-0.25, -0.2) is 0 Å². The Labute approximate surface area is 116 Å². The van der Waals surface area contributed by atoms with E-state index in [1.54, 1.807) is 0 Å². The molecule has 19 heavy (non-hydrogen) atoms. The highest BCUT2D eigenvalue weighted by Crippen LogP contribution is 2.04. The predicted octanol–water partition coefficient (Wildman–Crippen LogP) is 3.79. The van der Waals surface area contributed by atoms with E-state index < -0.39 is 0 Å².